The molecule has 0 bridgehead atoms. The molecule has 138 valence electrons. The quantitative estimate of drug-likeness (QED) is 0.850. The lowest BCUT2D eigenvalue weighted by Crippen LogP contribution is -2.48. The van der Waals surface area contributed by atoms with Gasteiger partial charge in [-0.05, 0) is 31.0 Å². The Labute approximate surface area is 153 Å². The van der Waals surface area contributed by atoms with Crippen molar-refractivity contribution in [2.45, 2.75) is 20.3 Å². The van der Waals surface area contributed by atoms with Crippen LogP contribution < -0.4 is 15.8 Å². The summed E-state index contributed by atoms with van der Waals surface area (Å²) in [4.78, 5) is 35.1. The second-order valence-corrected chi connectivity index (χ2v) is 6.62. The fourth-order valence-corrected chi connectivity index (χ4v) is 3.11. The molecule has 0 unspecified atom stereocenters. The Hall–Kier alpha value is -2.67. The zero-order valence-electron chi connectivity index (χ0n) is 15.3. The van der Waals surface area contributed by atoms with Crippen LogP contribution in [0.5, 0.6) is 0 Å². The molecule has 3 rings (SSSR count). The van der Waals surface area contributed by atoms with Crippen LogP contribution in [0, 0.1) is 13.8 Å². The maximum Gasteiger partial charge on any atom is 0.290 e. The lowest BCUT2D eigenvalue weighted by atomic mass is 10.1. The van der Waals surface area contributed by atoms with Gasteiger partial charge < -0.3 is 15.2 Å². The number of benzene rings is 1. The van der Waals surface area contributed by atoms with Crippen molar-refractivity contribution in [3.8, 4) is 0 Å². The van der Waals surface area contributed by atoms with Gasteiger partial charge in [0.05, 0.1) is 0 Å². The molecule has 0 atom stereocenters. The predicted molar refractivity (Wildman–Crippen MR) is 103 cm³/mol. The number of anilines is 2. The van der Waals surface area contributed by atoms with E-state index < -0.39 is 0 Å². The van der Waals surface area contributed by atoms with Gasteiger partial charge in [0.2, 0.25) is 5.91 Å². The van der Waals surface area contributed by atoms with E-state index in [1.807, 2.05) is 36.9 Å². The van der Waals surface area contributed by atoms with Gasteiger partial charge in [-0.2, -0.15) is 0 Å². The van der Waals surface area contributed by atoms with Gasteiger partial charge in [0.15, 0.2) is 5.82 Å². The number of amides is 1. The molecule has 2 N–H and O–H groups in total. The fourth-order valence-electron chi connectivity index (χ4n) is 3.11. The summed E-state index contributed by atoms with van der Waals surface area (Å²) in [5.74, 6) is 0.502. The molecule has 7 heteroatoms. The zero-order chi connectivity index (χ0) is 18.5. The number of H-pyrrole nitrogens is 1. The van der Waals surface area contributed by atoms with Gasteiger partial charge in [-0.15, -0.1) is 0 Å². The largest absolute Gasteiger partial charge is 0.349 e. The SMILES string of the molecule is Cc1cccc(NC(=O)CCN2CCN(c3ncc[nH]c3=O)CC2)c1C. The number of nitrogens with zero attached hydrogens (tertiary/aromatic N) is 3. The third kappa shape index (κ3) is 4.29. The van der Waals surface area contributed by atoms with Crippen LogP contribution in [0.25, 0.3) is 0 Å². The molecule has 0 saturated carbocycles. The van der Waals surface area contributed by atoms with Crippen LogP contribution >= 0.6 is 0 Å². The van der Waals surface area contributed by atoms with E-state index in [0.29, 0.717) is 18.8 Å². The number of aryl methyl sites for hydroxylation is 1. The minimum atomic E-state index is -0.158. The smallest absolute Gasteiger partial charge is 0.290 e. The highest BCUT2D eigenvalue weighted by Gasteiger charge is 2.20. The number of rotatable bonds is 5. The molecule has 1 aromatic heterocycles. The van der Waals surface area contributed by atoms with Crippen molar-refractivity contribution in [2.24, 2.45) is 0 Å². The summed E-state index contributed by atoms with van der Waals surface area (Å²) in [6.45, 7) is 7.86. The first-order chi connectivity index (χ1) is 12.5. The molecular formula is C19H25N5O2. The van der Waals surface area contributed by atoms with Gasteiger partial charge >= 0.3 is 0 Å². The lowest BCUT2D eigenvalue weighted by Gasteiger charge is -2.34. The third-order valence-corrected chi connectivity index (χ3v) is 4.89. The molecule has 2 heterocycles. The normalized spacial score (nSPS) is 15.1. The van der Waals surface area contributed by atoms with Crippen molar-refractivity contribution < 1.29 is 4.79 Å². The first-order valence-electron chi connectivity index (χ1n) is 8.91. The van der Waals surface area contributed by atoms with Gasteiger partial charge in [0.1, 0.15) is 0 Å². The molecule has 0 spiro atoms. The molecule has 0 aliphatic carbocycles. The first-order valence-corrected chi connectivity index (χ1v) is 8.91. The molecule has 1 aliphatic rings. The summed E-state index contributed by atoms with van der Waals surface area (Å²) < 4.78 is 0. The maximum atomic E-state index is 12.2. The van der Waals surface area contributed by atoms with Crippen LogP contribution in [0.3, 0.4) is 0 Å². The zero-order valence-corrected chi connectivity index (χ0v) is 15.3. The second kappa shape index (κ2) is 8.14. The van der Waals surface area contributed by atoms with Gasteiger partial charge in [-0.25, -0.2) is 4.98 Å². The Kier molecular flexibility index (Phi) is 5.68. The van der Waals surface area contributed by atoms with Crippen molar-refractivity contribution in [2.75, 3.05) is 42.9 Å². The van der Waals surface area contributed by atoms with E-state index in [4.69, 9.17) is 0 Å². The Morgan fingerprint density at radius 3 is 2.73 bits per heavy atom. The molecular weight excluding hydrogens is 330 g/mol. The number of hydrogen-bond acceptors (Lipinski definition) is 5. The number of carbonyl (C=O) groups is 1. The molecule has 1 aliphatic heterocycles. The van der Waals surface area contributed by atoms with Crippen LogP contribution in [0.1, 0.15) is 17.5 Å². The molecule has 2 aromatic rings. The Morgan fingerprint density at radius 1 is 1.23 bits per heavy atom. The number of nitrogens with one attached hydrogen (secondary N) is 2. The number of piperazine rings is 1. The van der Waals surface area contributed by atoms with Crippen molar-refractivity contribution in [3.63, 3.8) is 0 Å². The Bertz CT molecular complexity index is 825. The summed E-state index contributed by atoms with van der Waals surface area (Å²) >= 11 is 0. The maximum absolute atomic E-state index is 12.2. The van der Waals surface area contributed by atoms with E-state index >= 15 is 0 Å². The molecule has 7 nitrogen and oxygen atoms in total. The van der Waals surface area contributed by atoms with Crippen molar-refractivity contribution in [1.29, 1.82) is 0 Å². The average molecular weight is 355 g/mol. The van der Waals surface area contributed by atoms with E-state index in [-0.39, 0.29) is 11.5 Å². The van der Waals surface area contributed by atoms with E-state index in [0.717, 1.165) is 37.4 Å². The highest BCUT2D eigenvalue weighted by atomic mass is 16.1. The predicted octanol–water partition coefficient (Wildman–Crippen LogP) is 1.54. The first kappa shape index (κ1) is 18.1. The van der Waals surface area contributed by atoms with Gasteiger partial charge in [0.25, 0.3) is 5.56 Å². The Balaban J connectivity index is 1.46. The van der Waals surface area contributed by atoms with E-state index in [1.54, 1.807) is 6.20 Å². The van der Waals surface area contributed by atoms with Crippen LogP contribution in [-0.2, 0) is 4.79 Å². The van der Waals surface area contributed by atoms with Gasteiger partial charge in [0, 0.05) is 57.2 Å². The summed E-state index contributed by atoms with van der Waals surface area (Å²) in [7, 11) is 0. The van der Waals surface area contributed by atoms with Crippen molar-refractivity contribution >= 4 is 17.4 Å². The standard InChI is InChI=1S/C19H25N5O2/c1-14-4-3-5-16(15(14)2)22-17(25)6-9-23-10-12-24(13-11-23)18-19(26)21-8-7-20-18/h3-5,7-8H,6,9-13H2,1-2H3,(H,21,26)(H,22,25). The summed E-state index contributed by atoms with van der Waals surface area (Å²) in [6.07, 6.45) is 3.59. The van der Waals surface area contributed by atoms with E-state index in [9.17, 15) is 9.59 Å². The monoisotopic (exact) mass is 355 g/mol. The van der Waals surface area contributed by atoms with Crippen molar-refractivity contribution in [1.82, 2.24) is 14.9 Å². The average Bonchev–Trinajstić information content (AvgIpc) is 2.65. The molecule has 1 fully saturated rings. The third-order valence-electron chi connectivity index (χ3n) is 4.89. The van der Waals surface area contributed by atoms with E-state index in [2.05, 4.69) is 20.2 Å². The Morgan fingerprint density at radius 2 is 2.00 bits per heavy atom. The fraction of sp³-hybridized carbons (Fsp3) is 0.421. The minimum Gasteiger partial charge on any atom is -0.349 e. The summed E-state index contributed by atoms with van der Waals surface area (Å²) in [5.41, 5.74) is 3.00. The van der Waals surface area contributed by atoms with Gasteiger partial charge in [-0.3, -0.25) is 14.5 Å². The number of carbonyl (C=O) groups excluding carboxylic acids is 1. The summed E-state index contributed by atoms with van der Waals surface area (Å²) in [6, 6.07) is 5.93. The molecule has 1 saturated heterocycles. The summed E-state index contributed by atoms with van der Waals surface area (Å²) in [5, 5.41) is 3.00. The van der Waals surface area contributed by atoms with Gasteiger partial charge in [-0.1, -0.05) is 12.1 Å². The minimum absolute atomic E-state index is 0.0299. The van der Waals surface area contributed by atoms with Crippen LogP contribution in [-0.4, -0.2) is 53.5 Å². The molecule has 1 amide bonds. The lowest BCUT2D eigenvalue weighted by molar-refractivity contribution is -0.116. The van der Waals surface area contributed by atoms with Crippen LogP contribution in [0.2, 0.25) is 0 Å². The number of aromatic amines is 1. The highest BCUT2D eigenvalue weighted by Crippen LogP contribution is 2.18. The number of hydrogen-bond donors (Lipinski definition) is 2. The van der Waals surface area contributed by atoms with Crippen LogP contribution in [0.4, 0.5) is 11.5 Å². The van der Waals surface area contributed by atoms with E-state index in [1.165, 1.54) is 11.8 Å². The highest BCUT2D eigenvalue weighted by molar-refractivity contribution is 5.91. The number of aromatic nitrogens is 2. The molecule has 1 aromatic carbocycles. The topological polar surface area (TPSA) is 81.3 Å². The van der Waals surface area contributed by atoms with Crippen molar-refractivity contribution in [3.05, 3.63) is 52.1 Å². The van der Waals surface area contributed by atoms with Crippen LogP contribution in [0.15, 0.2) is 35.4 Å². The molecule has 0 radical (unpaired) electrons. The molecule has 26 heavy (non-hydrogen) atoms. The second-order valence-electron chi connectivity index (χ2n) is 6.62.